The van der Waals surface area contributed by atoms with Gasteiger partial charge in [0.05, 0.1) is 10.6 Å². The fourth-order valence-corrected chi connectivity index (χ4v) is 3.25. The molecular weight excluding hydrogens is 399 g/mol. The first-order chi connectivity index (χ1) is 12.6. The smallest absolute Gasteiger partial charge is 0.338 e. The summed E-state index contributed by atoms with van der Waals surface area (Å²) in [6, 6.07) is 8.63. The van der Waals surface area contributed by atoms with Crippen molar-refractivity contribution in [2.75, 3.05) is 12.4 Å². The molecule has 7 nitrogen and oxygen atoms in total. The van der Waals surface area contributed by atoms with Crippen LogP contribution >= 0.6 is 11.6 Å². The number of sulfonamides is 1. The van der Waals surface area contributed by atoms with Crippen molar-refractivity contribution in [3.63, 3.8) is 0 Å². The number of carbonyl (C=O) groups is 2. The Balaban J connectivity index is 2.11. The lowest BCUT2D eigenvalue weighted by Crippen LogP contribution is -2.30. The van der Waals surface area contributed by atoms with Crippen molar-refractivity contribution in [1.29, 1.82) is 0 Å². The second-order valence-electron chi connectivity index (χ2n) is 5.40. The van der Waals surface area contributed by atoms with E-state index in [0.29, 0.717) is 5.69 Å². The van der Waals surface area contributed by atoms with Crippen LogP contribution in [0.25, 0.3) is 0 Å². The number of hydrogen-bond donors (Lipinski definition) is 2. The van der Waals surface area contributed by atoms with Crippen LogP contribution in [0.2, 0.25) is 5.02 Å². The monoisotopic (exact) mass is 414 g/mol. The maximum Gasteiger partial charge on any atom is 0.338 e. The molecule has 0 aliphatic heterocycles. The van der Waals surface area contributed by atoms with Crippen LogP contribution in [0.1, 0.15) is 17.3 Å². The summed E-state index contributed by atoms with van der Waals surface area (Å²) in [5.41, 5.74) is 0.243. The van der Waals surface area contributed by atoms with E-state index in [1.165, 1.54) is 50.4 Å². The first kappa shape index (κ1) is 20.8. The molecule has 0 aliphatic carbocycles. The van der Waals surface area contributed by atoms with Crippen LogP contribution in [-0.4, -0.2) is 33.4 Å². The number of ether oxygens (including phenoxy) is 1. The number of esters is 1. The van der Waals surface area contributed by atoms with E-state index in [4.69, 9.17) is 16.3 Å². The molecule has 0 heterocycles. The number of amides is 1. The summed E-state index contributed by atoms with van der Waals surface area (Å²) in [5.74, 6) is -1.99. The van der Waals surface area contributed by atoms with E-state index in [-0.39, 0.29) is 15.5 Å². The van der Waals surface area contributed by atoms with Crippen LogP contribution in [0.15, 0.2) is 47.4 Å². The molecule has 0 fully saturated rings. The van der Waals surface area contributed by atoms with Gasteiger partial charge >= 0.3 is 5.97 Å². The van der Waals surface area contributed by atoms with E-state index in [1.807, 2.05) is 0 Å². The Bertz CT molecular complexity index is 964. The average molecular weight is 415 g/mol. The third kappa shape index (κ3) is 5.25. The van der Waals surface area contributed by atoms with Gasteiger partial charge in [-0.1, -0.05) is 11.6 Å². The molecule has 0 saturated carbocycles. The van der Waals surface area contributed by atoms with E-state index in [9.17, 15) is 22.4 Å². The van der Waals surface area contributed by atoms with E-state index in [0.717, 1.165) is 6.07 Å². The summed E-state index contributed by atoms with van der Waals surface area (Å²) in [6.45, 7) is 1.35. The molecule has 0 saturated heterocycles. The van der Waals surface area contributed by atoms with Crippen LogP contribution in [0.4, 0.5) is 10.1 Å². The third-order valence-electron chi connectivity index (χ3n) is 3.49. The highest BCUT2D eigenvalue weighted by atomic mass is 35.5. The molecule has 2 rings (SSSR count). The van der Waals surface area contributed by atoms with Gasteiger partial charge in [0.1, 0.15) is 10.7 Å². The minimum atomic E-state index is -3.87. The fraction of sp³-hybridized carbons (Fsp3) is 0.176. The molecule has 27 heavy (non-hydrogen) atoms. The molecule has 10 heteroatoms. The number of anilines is 1. The van der Waals surface area contributed by atoms with Crippen molar-refractivity contribution in [2.24, 2.45) is 0 Å². The van der Waals surface area contributed by atoms with Crippen molar-refractivity contribution >= 4 is 39.2 Å². The van der Waals surface area contributed by atoms with Gasteiger partial charge in [-0.2, -0.15) is 0 Å². The molecule has 0 aromatic heterocycles. The van der Waals surface area contributed by atoms with Gasteiger partial charge in [-0.05, 0) is 56.4 Å². The topological polar surface area (TPSA) is 102 Å². The maximum atomic E-state index is 12.9. The summed E-state index contributed by atoms with van der Waals surface area (Å²) in [5, 5.41) is 2.40. The van der Waals surface area contributed by atoms with Crippen LogP contribution in [-0.2, 0) is 19.6 Å². The van der Waals surface area contributed by atoms with Gasteiger partial charge < -0.3 is 10.1 Å². The van der Waals surface area contributed by atoms with Gasteiger partial charge in [0.25, 0.3) is 5.91 Å². The van der Waals surface area contributed by atoms with Crippen LogP contribution < -0.4 is 10.0 Å². The molecule has 1 amide bonds. The normalized spacial score (nSPS) is 12.3. The lowest BCUT2D eigenvalue weighted by molar-refractivity contribution is -0.123. The minimum Gasteiger partial charge on any atom is -0.449 e. The highest BCUT2D eigenvalue weighted by Crippen LogP contribution is 2.23. The average Bonchev–Trinajstić information content (AvgIpc) is 2.63. The Morgan fingerprint density at radius 1 is 1.15 bits per heavy atom. The third-order valence-corrected chi connectivity index (χ3v) is 5.39. The summed E-state index contributed by atoms with van der Waals surface area (Å²) in [7, 11) is -2.67. The quantitative estimate of drug-likeness (QED) is 0.707. The standard InChI is InChI=1S/C17H16ClFN2O5S/c1-10(16(22)21-13-6-4-12(19)5-7-13)26-17(23)11-3-8-14(18)15(9-11)27(24,25)20-2/h3-10,20H,1-2H3,(H,21,22)/t10-/m1/s1. The summed E-state index contributed by atoms with van der Waals surface area (Å²) < 4.78 is 43.9. The van der Waals surface area contributed by atoms with E-state index in [2.05, 4.69) is 10.0 Å². The van der Waals surface area contributed by atoms with Gasteiger partial charge in [-0.3, -0.25) is 4.79 Å². The first-order valence-corrected chi connectivity index (χ1v) is 9.50. The number of carbonyl (C=O) groups excluding carboxylic acids is 2. The molecular formula is C17H16ClFN2O5S. The Hall–Kier alpha value is -2.49. The van der Waals surface area contributed by atoms with Gasteiger partial charge in [0, 0.05) is 5.69 Å². The van der Waals surface area contributed by atoms with Crippen molar-refractivity contribution < 1.29 is 27.1 Å². The molecule has 2 aromatic rings. The Labute approximate surface area is 160 Å². The van der Waals surface area contributed by atoms with Crippen molar-refractivity contribution in [3.8, 4) is 0 Å². The molecule has 0 bridgehead atoms. The van der Waals surface area contributed by atoms with Crippen LogP contribution in [0.5, 0.6) is 0 Å². The number of rotatable bonds is 6. The summed E-state index contributed by atoms with van der Waals surface area (Å²) >= 11 is 5.86. The molecule has 0 spiro atoms. The molecule has 1 atom stereocenters. The number of benzene rings is 2. The Morgan fingerprint density at radius 2 is 1.78 bits per heavy atom. The molecule has 0 aliphatic rings. The largest absolute Gasteiger partial charge is 0.449 e. The van der Waals surface area contributed by atoms with E-state index >= 15 is 0 Å². The first-order valence-electron chi connectivity index (χ1n) is 7.64. The number of nitrogens with one attached hydrogen (secondary N) is 2. The van der Waals surface area contributed by atoms with E-state index in [1.54, 1.807) is 0 Å². The molecule has 2 aromatic carbocycles. The predicted octanol–water partition coefficient (Wildman–Crippen LogP) is 2.57. The van der Waals surface area contributed by atoms with Gasteiger partial charge in [0.15, 0.2) is 6.10 Å². The highest BCUT2D eigenvalue weighted by Gasteiger charge is 2.22. The molecule has 0 radical (unpaired) electrons. The molecule has 2 N–H and O–H groups in total. The fourth-order valence-electron chi connectivity index (χ4n) is 2.01. The summed E-state index contributed by atoms with van der Waals surface area (Å²) in [6.07, 6.45) is -1.18. The number of halogens is 2. The molecule has 0 unspecified atom stereocenters. The van der Waals surface area contributed by atoms with Crippen LogP contribution in [0.3, 0.4) is 0 Å². The maximum absolute atomic E-state index is 12.9. The van der Waals surface area contributed by atoms with Gasteiger partial charge in [-0.15, -0.1) is 0 Å². The Morgan fingerprint density at radius 3 is 2.37 bits per heavy atom. The Kier molecular flexibility index (Phi) is 6.53. The highest BCUT2D eigenvalue weighted by molar-refractivity contribution is 7.89. The van der Waals surface area contributed by atoms with Crippen molar-refractivity contribution in [2.45, 2.75) is 17.9 Å². The second-order valence-corrected chi connectivity index (χ2v) is 7.66. The van der Waals surface area contributed by atoms with Gasteiger partial charge in [0.2, 0.25) is 10.0 Å². The molecule has 144 valence electrons. The van der Waals surface area contributed by atoms with Crippen LogP contribution in [0, 0.1) is 5.82 Å². The lowest BCUT2D eigenvalue weighted by atomic mass is 10.2. The minimum absolute atomic E-state index is 0.0667. The SMILES string of the molecule is CNS(=O)(=O)c1cc(C(=O)O[C@H](C)C(=O)Nc2ccc(F)cc2)ccc1Cl. The summed E-state index contributed by atoms with van der Waals surface area (Å²) in [4.78, 5) is 24.0. The van der Waals surface area contributed by atoms with Crippen molar-refractivity contribution in [1.82, 2.24) is 4.72 Å². The second kappa shape index (κ2) is 8.47. The lowest BCUT2D eigenvalue weighted by Gasteiger charge is -2.14. The zero-order chi connectivity index (χ0) is 20.2. The van der Waals surface area contributed by atoms with E-state index < -0.39 is 33.8 Å². The van der Waals surface area contributed by atoms with Crippen molar-refractivity contribution in [3.05, 3.63) is 58.9 Å². The zero-order valence-electron chi connectivity index (χ0n) is 14.3. The predicted molar refractivity (Wildman–Crippen MR) is 97.6 cm³/mol. The number of hydrogen-bond acceptors (Lipinski definition) is 5. The zero-order valence-corrected chi connectivity index (χ0v) is 15.9. The van der Waals surface area contributed by atoms with Gasteiger partial charge in [-0.25, -0.2) is 22.3 Å².